The SMILES string of the molecule is CCOC(=O)CCN(Cc1cc(=O)oc2cc(NC(=O)OCC)ccc12)CC1CC1. The number of amides is 1. The largest absolute Gasteiger partial charge is 0.466 e. The maximum atomic E-state index is 12.1. The van der Waals surface area contributed by atoms with Crippen LogP contribution in [-0.2, 0) is 20.8 Å². The molecule has 30 heavy (non-hydrogen) atoms. The Morgan fingerprint density at radius 3 is 2.63 bits per heavy atom. The molecule has 1 amide bonds. The average Bonchev–Trinajstić information content (AvgIpc) is 3.50. The van der Waals surface area contributed by atoms with Gasteiger partial charge in [-0.1, -0.05) is 0 Å². The van der Waals surface area contributed by atoms with Crippen LogP contribution in [0.2, 0.25) is 0 Å². The van der Waals surface area contributed by atoms with Crippen LogP contribution in [0.3, 0.4) is 0 Å². The molecule has 0 spiro atoms. The molecule has 162 valence electrons. The molecule has 0 saturated heterocycles. The molecule has 1 N–H and O–H groups in total. The third-order valence-corrected chi connectivity index (χ3v) is 4.90. The summed E-state index contributed by atoms with van der Waals surface area (Å²) in [6, 6.07) is 6.66. The smallest absolute Gasteiger partial charge is 0.411 e. The Morgan fingerprint density at radius 2 is 1.93 bits per heavy atom. The van der Waals surface area contributed by atoms with Crippen molar-refractivity contribution >= 4 is 28.7 Å². The fourth-order valence-electron chi connectivity index (χ4n) is 3.35. The molecule has 2 aromatic rings. The highest BCUT2D eigenvalue weighted by molar-refractivity contribution is 5.90. The van der Waals surface area contributed by atoms with Gasteiger partial charge in [-0.05, 0) is 50.3 Å². The summed E-state index contributed by atoms with van der Waals surface area (Å²) in [4.78, 5) is 37.7. The van der Waals surface area contributed by atoms with Gasteiger partial charge in [0.15, 0.2) is 0 Å². The van der Waals surface area contributed by atoms with Crippen LogP contribution in [0.4, 0.5) is 10.5 Å². The summed E-state index contributed by atoms with van der Waals surface area (Å²) in [5.74, 6) is 0.421. The number of hydrogen-bond donors (Lipinski definition) is 1. The predicted octanol–water partition coefficient (Wildman–Crippen LogP) is 3.53. The van der Waals surface area contributed by atoms with Gasteiger partial charge in [0.05, 0.1) is 19.6 Å². The van der Waals surface area contributed by atoms with E-state index in [0.717, 1.165) is 17.5 Å². The summed E-state index contributed by atoms with van der Waals surface area (Å²) in [5, 5.41) is 3.40. The number of carbonyl (C=O) groups is 2. The van der Waals surface area contributed by atoms with E-state index in [1.165, 1.54) is 18.9 Å². The number of ether oxygens (including phenoxy) is 2. The lowest BCUT2D eigenvalue weighted by molar-refractivity contribution is -0.143. The second-order valence-electron chi connectivity index (χ2n) is 7.38. The average molecular weight is 416 g/mol. The predicted molar refractivity (Wildman–Crippen MR) is 112 cm³/mol. The molecule has 3 rings (SSSR count). The summed E-state index contributed by atoms with van der Waals surface area (Å²) >= 11 is 0. The zero-order chi connectivity index (χ0) is 21.5. The highest BCUT2D eigenvalue weighted by Gasteiger charge is 2.25. The number of fused-ring (bicyclic) bond motifs is 1. The number of nitrogens with zero attached hydrogens (tertiary/aromatic N) is 1. The van der Waals surface area contributed by atoms with Crippen LogP contribution in [0.1, 0.15) is 38.7 Å². The van der Waals surface area contributed by atoms with Crippen LogP contribution in [0.25, 0.3) is 11.0 Å². The molecule has 1 aliphatic carbocycles. The number of rotatable bonds is 10. The standard InChI is InChI=1S/C22H28N2O6/c1-3-28-20(25)9-10-24(13-15-5-6-15)14-16-11-21(26)30-19-12-17(7-8-18(16)19)23-22(27)29-4-2/h7-8,11-12,15H,3-6,9-10,13-14H2,1-2H3,(H,23,27). The van der Waals surface area contributed by atoms with Crippen LogP contribution in [-0.4, -0.2) is 43.3 Å². The molecule has 1 aliphatic rings. The lowest BCUT2D eigenvalue weighted by Crippen LogP contribution is -2.29. The van der Waals surface area contributed by atoms with Gasteiger partial charge in [0, 0.05) is 42.8 Å². The third kappa shape index (κ3) is 6.32. The second kappa shape index (κ2) is 10.2. The van der Waals surface area contributed by atoms with E-state index in [0.29, 0.717) is 43.3 Å². The van der Waals surface area contributed by atoms with Gasteiger partial charge < -0.3 is 13.9 Å². The number of nitrogens with one attached hydrogen (secondary N) is 1. The van der Waals surface area contributed by atoms with Crippen molar-refractivity contribution in [2.24, 2.45) is 5.92 Å². The molecule has 0 radical (unpaired) electrons. The third-order valence-electron chi connectivity index (χ3n) is 4.90. The van der Waals surface area contributed by atoms with E-state index in [4.69, 9.17) is 13.9 Å². The van der Waals surface area contributed by atoms with E-state index in [2.05, 4.69) is 10.2 Å². The molecule has 8 nitrogen and oxygen atoms in total. The summed E-state index contributed by atoms with van der Waals surface area (Å²) in [5.41, 5.74) is 1.25. The summed E-state index contributed by atoms with van der Waals surface area (Å²) in [6.45, 7) is 6.13. The van der Waals surface area contributed by atoms with Crippen molar-refractivity contribution in [1.82, 2.24) is 4.90 Å². The van der Waals surface area contributed by atoms with Crippen LogP contribution in [0.15, 0.2) is 33.5 Å². The Hall–Kier alpha value is -2.87. The van der Waals surface area contributed by atoms with E-state index in [-0.39, 0.29) is 12.6 Å². The van der Waals surface area contributed by atoms with E-state index in [9.17, 15) is 14.4 Å². The molecule has 0 unspecified atom stereocenters. The van der Waals surface area contributed by atoms with Gasteiger partial charge in [-0.3, -0.25) is 15.0 Å². The summed E-state index contributed by atoms with van der Waals surface area (Å²) in [6.07, 6.45) is 2.13. The zero-order valence-electron chi connectivity index (χ0n) is 17.4. The zero-order valence-corrected chi connectivity index (χ0v) is 17.4. The van der Waals surface area contributed by atoms with Crippen LogP contribution >= 0.6 is 0 Å². The lowest BCUT2D eigenvalue weighted by Gasteiger charge is -2.22. The Kier molecular flexibility index (Phi) is 7.46. The molecule has 1 heterocycles. The molecular weight excluding hydrogens is 388 g/mol. The first kappa shape index (κ1) is 21.8. The minimum Gasteiger partial charge on any atom is -0.466 e. The van der Waals surface area contributed by atoms with Gasteiger partial charge in [0.25, 0.3) is 0 Å². The highest BCUT2D eigenvalue weighted by atomic mass is 16.5. The van der Waals surface area contributed by atoms with E-state index < -0.39 is 11.7 Å². The molecule has 8 heteroatoms. The van der Waals surface area contributed by atoms with Gasteiger partial charge >= 0.3 is 17.7 Å². The molecule has 1 saturated carbocycles. The van der Waals surface area contributed by atoms with E-state index in [1.807, 2.05) is 6.07 Å². The van der Waals surface area contributed by atoms with Crippen molar-refractivity contribution in [1.29, 1.82) is 0 Å². The molecule has 0 atom stereocenters. The quantitative estimate of drug-likeness (QED) is 0.467. The number of benzene rings is 1. The normalized spacial score (nSPS) is 13.4. The number of hydrogen-bond acceptors (Lipinski definition) is 7. The Bertz CT molecular complexity index is 950. The second-order valence-corrected chi connectivity index (χ2v) is 7.38. The van der Waals surface area contributed by atoms with Crippen molar-refractivity contribution in [2.45, 2.75) is 39.7 Å². The van der Waals surface area contributed by atoms with Crippen LogP contribution < -0.4 is 10.9 Å². The minimum atomic E-state index is -0.565. The molecule has 0 aliphatic heterocycles. The van der Waals surface area contributed by atoms with Crippen molar-refractivity contribution in [2.75, 3.05) is 31.6 Å². The van der Waals surface area contributed by atoms with E-state index in [1.54, 1.807) is 26.0 Å². The molecule has 1 aromatic heterocycles. The number of esters is 1. The van der Waals surface area contributed by atoms with Gasteiger partial charge in [-0.15, -0.1) is 0 Å². The molecular formula is C22H28N2O6. The van der Waals surface area contributed by atoms with Crippen molar-refractivity contribution in [3.8, 4) is 0 Å². The maximum Gasteiger partial charge on any atom is 0.411 e. The monoisotopic (exact) mass is 416 g/mol. The topological polar surface area (TPSA) is 98.1 Å². The Balaban J connectivity index is 1.79. The molecule has 0 bridgehead atoms. The first-order chi connectivity index (χ1) is 14.5. The molecule has 1 fully saturated rings. The van der Waals surface area contributed by atoms with Crippen molar-refractivity contribution < 1.29 is 23.5 Å². The van der Waals surface area contributed by atoms with Crippen molar-refractivity contribution in [3.63, 3.8) is 0 Å². The van der Waals surface area contributed by atoms with Gasteiger partial charge in [0.1, 0.15) is 5.58 Å². The molecule has 1 aromatic carbocycles. The maximum absolute atomic E-state index is 12.1. The first-order valence-electron chi connectivity index (χ1n) is 10.4. The first-order valence-corrected chi connectivity index (χ1v) is 10.4. The van der Waals surface area contributed by atoms with Gasteiger partial charge in [-0.2, -0.15) is 0 Å². The highest BCUT2D eigenvalue weighted by Crippen LogP contribution is 2.31. The van der Waals surface area contributed by atoms with Crippen LogP contribution in [0, 0.1) is 5.92 Å². The van der Waals surface area contributed by atoms with Crippen LogP contribution in [0.5, 0.6) is 0 Å². The number of carbonyl (C=O) groups excluding carboxylic acids is 2. The fraction of sp³-hybridized carbons (Fsp3) is 0.500. The van der Waals surface area contributed by atoms with Gasteiger partial charge in [-0.25, -0.2) is 9.59 Å². The van der Waals surface area contributed by atoms with Crippen molar-refractivity contribution in [3.05, 3.63) is 40.2 Å². The van der Waals surface area contributed by atoms with E-state index >= 15 is 0 Å². The Morgan fingerprint density at radius 1 is 1.17 bits per heavy atom. The Labute approximate surface area is 175 Å². The summed E-state index contributed by atoms with van der Waals surface area (Å²) in [7, 11) is 0. The number of anilines is 1. The van der Waals surface area contributed by atoms with Gasteiger partial charge in [0.2, 0.25) is 0 Å². The lowest BCUT2D eigenvalue weighted by atomic mass is 10.1. The summed E-state index contributed by atoms with van der Waals surface area (Å²) < 4.78 is 15.3. The fourth-order valence-corrected chi connectivity index (χ4v) is 3.35. The minimum absolute atomic E-state index is 0.217.